The van der Waals surface area contributed by atoms with E-state index in [4.69, 9.17) is 4.74 Å². The second-order valence-corrected chi connectivity index (χ2v) is 8.53. The van der Waals surface area contributed by atoms with E-state index in [1.54, 1.807) is 7.11 Å². The van der Waals surface area contributed by atoms with Crippen molar-refractivity contribution in [3.8, 4) is 5.75 Å². The van der Waals surface area contributed by atoms with Gasteiger partial charge in [0.25, 0.3) is 0 Å². The Hall–Kier alpha value is -2.28. The zero-order valence-corrected chi connectivity index (χ0v) is 19.2. The molecule has 0 aromatic heterocycles. The summed E-state index contributed by atoms with van der Waals surface area (Å²) >= 11 is 0. The lowest BCUT2D eigenvalue weighted by Crippen LogP contribution is -2.52. The molecular formula is C24H39N5O2. The molecule has 2 aliphatic rings. The molecule has 1 saturated heterocycles. The van der Waals surface area contributed by atoms with Gasteiger partial charge in [-0.1, -0.05) is 18.6 Å². The highest BCUT2D eigenvalue weighted by Crippen LogP contribution is 2.28. The summed E-state index contributed by atoms with van der Waals surface area (Å²) in [5.41, 5.74) is 1.35. The Morgan fingerprint density at radius 3 is 2.39 bits per heavy atom. The fourth-order valence-corrected chi connectivity index (χ4v) is 4.11. The number of unbranched alkanes of at least 4 members (excludes halogenated alkanes) is 1. The number of piperazine rings is 1. The van der Waals surface area contributed by atoms with Crippen LogP contribution in [0.4, 0.5) is 0 Å². The van der Waals surface area contributed by atoms with E-state index in [0.29, 0.717) is 11.8 Å². The van der Waals surface area contributed by atoms with Crippen molar-refractivity contribution < 1.29 is 9.53 Å². The molecular weight excluding hydrogens is 390 g/mol. The van der Waals surface area contributed by atoms with E-state index in [1.807, 2.05) is 19.2 Å². The molecule has 0 unspecified atom stereocenters. The minimum Gasteiger partial charge on any atom is -0.497 e. The van der Waals surface area contributed by atoms with Crippen molar-refractivity contribution in [3.05, 3.63) is 29.8 Å². The number of amides is 1. The Morgan fingerprint density at radius 2 is 1.77 bits per heavy atom. The number of benzene rings is 1. The largest absolute Gasteiger partial charge is 0.497 e. The number of hydrogen-bond donors (Lipinski definition) is 2. The molecule has 1 aliphatic heterocycles. The van der Waals surface area contributed by atoms with Crippen LogP contribution in [-0.2, 0) is 11.2 Å². The highest BCUT2D eigenvalue weighted by Gasteiger charge is 2.30. The summed E-state index contributed by atoms with van der Waals surface area (Å²) < 4.78 is 5.20. The lowest BCUT2D eigenvalue weighted by atomic mass is 9.84. The number of methoxy groups -OCH3 is 1. The van der Waals surface area contributed by atoms with Gasteiger partial charge in [0.15, 0.2) is 5.96 Å². The molecule has 7 heteroatoms. The lowest BCUT2D eigenvalue weighted by Gasteiger charge is -2.38. The topological polar surface area (TPSA) is 69.2 Å². The summed E-state index contributed by atoms with van der Waals surface area (Å²) in [6.07, 6.45) is 6.73. The van der Waals surface area contributed by atoms with Crippen LogP contribution in [0.1, 0.15) is 37.7 Å². The summed E-state index contributed by atoms with van der Waals surface area (Å²) in [6.45, 7) is 6.44. The van der Waals surface area contributed by atoms with E-state index in [2.05, 4.69) is 37.6 Å². The normalized spacial score (nSPS) is 17.9. The van der Waals surface area contributed by atoms with Gasteiger partial charge < -0.3 is 20.3 Å². The maximum atomic E-state index is 12.3. The number of carbonyl (C=O) groups excluding carboxylic acids is 1. The molecule has 1 aliphatic carbocycles. The second kappa shape index (κ2) is 12.5. The maximum absolute atomic E-state index is 12.3. The number of nitrogens with one attached hydrogen (secondary N) is 2. The maximum Gasteiger partial charge on any atom is 0.225 e. The van der Waals surface area contributed by atoms with Crippen LogP contribution in [0.15, 0.2) is 29.3 Å². The first-order valence-electron chi connectivity index (χ1n) is 11.8. The molecule has 1 aromatic carbocycles. The molecule has 1 amide bonds. The van der Waals surface area contributed by atoms with E-state index in [0.717, 1.165) is 89.6 Å². The molecule has 0 spiro atoms. The minimum atomic E-state index is 0.318. The van der Waals surface area contributed by atoms with E-state index >= 15 is 0 Å². The number of aliphatic imine (C=N–C) groups is 1. The van der Waals surface area contributed by atoms with Crippen molar-refractivity contribution in [2.75, 3.05) is 60.0 Å². The first kappa shape index (κ1) is 23.4. The van der Waals surface area contributed by atoms with Crippen LogP contribution >= 0.6 is 0 Å². The van der Waals surface area contributed by atoms with Gasteiger partial charge in [0.05, 0.1) is 7.11 Å². The van der Waals surface area contributed by atoms with Gasteiger partial charge in [-0.25, -0.2) is 0 Å². The number of carbonyl (C=O) groups is 1. The van der Waals surface area contributed by atoms with E-state index in [9.17, 15) is 4.79 Å². The SMILES string of the molecule is CN=C(NCCCCc1ccc(OC)cc1)NCCN1CCN(C(=O)C2CCC2)CC1. The Morgan fingerprint density at radius 1 is 1.06 bits per heavy atom. The van der Waals surface area contributed by atoms with Crippen molar-refractivity contribution >= 4 is 11.9 Å². The molecule has 7 nitrogen and oxygen atoms in total. The third-order valence-electron chi connectivity index (χ3n) is 6.43. The highest BCUT2D eigenvalue weighted by atomic mass is 16.5. The molecule has 31 heavy (non-hydrogen) atoms. The molecule has 0 atom stereocenters. The predicted molar refractivity (Wildman–Crippen MR) is 126 cm³/mol. The lowest BCUT2D eigenvalue weighted by molar-refractivity contribution is -0.139. The number of rotatable bonds is 10. The van der Waals surface area contributed by atoms with Crippen LogP contribution in [0, 0.1) is 5.92 Å². The van der Waals surface area contributed by atoms with Gasteiger partial charge in [0, 0.05) is 58.8 Å². The number of hydrogen-bond acceptors (Lipinski definition) is 4. The van der Waals surface area contributed by atoms with Gasteiger partial charge in [-0.3, -0.25) is 14.7 Å². The smallest absolute Gasteiger partial charge is 0.225 e. The minimum absolute atomic E-state index is 0.318. The zero-order valence-electron chi connectivity index (χ0n) is 19.2. The Balaban J connectivity index is 1.22. The predicted octanol–water partition coefficient (Wildman–Crippen LogP) is 2.13. The van der Waals surface area contributed by atoms with E-state index < -0.39 is 0 Å². The standard InChI is InChI=1S/C24H39N5O2/c1-25-24(26-13-4-3-6-20-9-11-22(31-2)12-10-20)27-14-15-28-16-18-29(19-17-28)23(30)21-7-5-8-21/h9-12,21H,3-8,13-19H2,1-2H3,(H2,25,26,27). The Labute approximate surface area is 187 Å². The van der Waals surface area contributed by atoms with Crippen molar-refractivity contribution in [3.63, 3.8) is 0 Å². The number of guanidine groups is 1. The number of ether oxygens (including phenoxy) is 1. The molecule has 1 heterocycles. The fourth-order valence-electron chi connectivity index (χ4n) is 4.11. The summed E-state index contributed by atoms with van der Waals surface area (Å²) in [5, 5.41) is 6.82. The molecule has 1 saturated carbocycles. The molecule has 2 fully saturated rings. The van der Waals surface area contributed by atoms with Crippen LogP contribution in [-0.4, -0.2) is 81.6 Å². The van der Waals surface area contributed by atoms with Crippen molar-refractivity contribution in [1.82, 2.24) is 20.4 Å². The molecule has 172 valence electrons. The number of nitrogens with zero attached hydrogens (tertiary/aromatic N) is 3. The van der Waals surface area contributed by atoms with E-state index in [1.165, 1.54) is 12.0 Å². The van der Waals surface area contributed by atoms with E-state index in [-0.39, 0.29) is 0 Å². The molecule has 1 aromatic rings. The molecule has 0 radical (unpaired) electrons. The van der Waals surface area contributed by atoms with Crippen LogP contribution < -0.4 is 15.4 Å². The third-order valence-corrected chi connectivity index (χ3v) is 6.43. The van der Waals surface area contributed by atoms with Gasteiger partial charge >= 0.3 is 0 Å². The first-order valence-corrected chi connectivity index (χ1v) is 11.8. The third kappa shape index (κ3) is 7.42. The molecule has 0 bridgehead atoms. The zero-order chi connectivity index (χ0) is 21.9. The quantitative estimate of drug-likeness (QED) is 0.339. The summed E-state index contributed by atoms with van der Waals surface area (Å²) in [6, 6.07) is 8.31. The van der Waals surface area contributed by atoms with Gasteiger partial charge in [-0.05, 0) is 49.8 Å². The fraction of sp³-hybridized carbons (Fsp3) is 0.667. The summed E-state index contributed by atoms with van der Waals surface area (Å²) in [4.78, 5) is 21.2. The van der Waals surface area contributed by atoms with Gasteiger partial charge in [-0.2, -0.15) is 0 Å². The first-order chi connectivity index (χ1) is 15.2. The highest BCUT2D eigenvalue weighted by molar-refractivity contribution is 5.80. The van der Waals surface area contributed by atoms with Gasteiger partial charge in [0.1, 0.15) is 5.75 Å². The van der Waals surface area contributed by atoms with Gasteiger partial charge in [0.2, 0.25) is 5.91 Å². The Kier molecular flexibility index (Phi) is 9.46. The van der Waals surface area contributed by atoms with Crippen LogP contribution in [0.3, 0.4) is 0 Å². The van der Waals surface area contributed by atoms with Crippen LogP contribution in [0.2, 0.25) is 0 Å². The van der Waals surface area contributed by atoms with Crippen molar-refractivity contribution in [1.29, 1.82) is 0 Å². The monoisotopic (exact) mass is 429 g/mol. The average Bonchev–Trinajstić information content (AvgIpc) is 2.77. The van der Waals surface area contributed by atoms with Crippen LogP contribution in [0.5, 0.6) is 5.75 Å². The summed E-state index contributed by atoms with van der Waals surface area (Å²) in [7, 11) is 3.51. The molecule has 2 N–H and O–H groups in total. The van der Waals surface area contributed by atoms with Crippen LogP contribution in [0.25, 0.3) is 0 Å². The summed E-state index contributed by atoms with van der Waals surface area (Å²) in [5.74, 6) is 2.48. The average molecular weight is 430 g/mol. The Bertz CT molecular complexity index is 694. The second-order valence-electron chi connectivity index (χ2n) is 8.53. The molecule has 3 rings (SSSR count). The van der Waals surface area contributed by atoms with Gasteiger partial charge in [-0.15, -0.1) is 0 Å². The van der Waals surface area contributed by atoms with Crippen molar-refractivity contribution in [2.45, 2.75) is 38.5 Å². The number of aryl methyl sites for hydroxylation is 1. The van der Waals surface area contributed by atoms with Crippen molar-refractivity contribution in [2.24, 2.45) is 10.9 Å².